The first kappa shape index (κ1) is 12.0. The first-order valence-corrected chi connectivity index (χ1v) is 5.16. The SMILES string of the molecule is Cc1ccc([C@@H]2C[C@]2(C(=O)O)C(F)(F)F)cc1. The van der Waals surface area contributed by atoms with E-state index in [-0.39, 0.29) is 6.42 Å². The third-order valence-corrected chi connectivity index (χ3v) is 3.33. The van der Waals surface area contributed by atoms with E-state index in [1.54, 1.807) is 24.3 Å². The van der Waals surface area contributed by atoms with Gasteiger partial charge in [0.25, 0.3) is 0 Å². The molecule has 1 aromatic carbocycles. The Bertz CT molecular complexity index is 450. The van der Waals surface area contributed by atoms with E-state index in [0.717, 1.165) is 5.56 Å². The van der Waals surface area contributed by atoms with Crippen LogP contribution in [-0.4, -0.2) is 17.3 Å². The lowest BCUT2D eigenvalue weighted by Crippen LogP contribution is -2.34. The van der Waals surface area contributed by atoms with E-state index in [2.05, 4.69) is 0 Å². The number of carboxylic acids is 1. The summed E-state index contributed by atoms with van der Waals surface area (Å²) in [5.74, 6) is -2.74. The largest absolute Gasteiger partial charge is 0.481 e. The number of aryl methyl sites for hydroxylation is 1. The maximum atomic E-state index is 12.8. The molecular formula is C12H11F3O2. The van der Waals surface area contributed by atoms with Crippen LogP contribution in [0.2, 0.25) is 0 Å². The fourth-order valence-electron chi connectivity index (χ4n) is 2.14. The Balaban J connectivity index is 2.33. The van der Waals surface area contributed by atoms with Crippen LogP contribution in [0.1, 0.15) is 23.5 Å². The third-order valence-electron chi connectivity index (χ3n) is 3.33. The number of alkyl halides is 3. The van der Waals surface area contributed by atoms with Crippen molar-refractivity contribution in [3.05, 3.63) is 35.4 Å². The van der Waals surface area contributed by atoms with Crippen LogP contribution in [0, 0.1) is 12.3 Å². The molecule has 1 aliphatic rings. The smallest absolute Gasteiger partial charge is 0.405 e. The molecule has 1 aliphatic carbocycles. The summed E-state index contributed by atoms with van der Waals surface area (Å²) in [4.78, 5) is 10.9. The Morgan fingerprint density at radius 2 is 1.88 bits per heavy atom. The second-order valence-corrected chi connectivity index (χ2v) is 4.44. The minimum absolute atomic E-state index is 0.366. The number of rotatable bonds is 2. The summed E-state index contributed by atoms with van der Waals surface area (Å²) >= 11 is 0. The highest BCUT2D eigenvalue weighted by atomic mass is 19.4. The van der Waals surface area contributed by atoms with Crippen LogP contribution in [0.4, 0.5) is 13.2 Å². The summed E-state index contributed by atoms with van der Waals surface area (Å²) < 4.78 is 38.3. The number of aliphatic carboxylic acids is 1. The molecule has 1 fully saturated rings. The maximum absolute atomic E-state index is 12.8. The van der Waals surface area contributed by atoms with Crippen LogP contribution in [0.3, 0.4) is 0 Å². The van der Waals surface area contributed by atoms with E-state index in [0.29, 0.717) is 5.56 Å². The maximum Gasteiger partial charge on any atom is 0.405 e. The molecule has 0 amide bonds. The second kappa shape index (κ2) is 3.48. The lowest BCUT2D eigenvalue weighted by molar-refractivity contribution is -0.204. The van der Waals surface area contributed by atoms with Gasteiger partial charge in [0.2, 0.25) is 0 Å². The van der Waals surface area contributed by atoms with Crippen molar-refractivity contribution in [2.45, 2.75) is 25.4 Å². The van der Waals surface area contributed by atoms with Crippen molar-refractivity contribution in [2.75, 3.05) is 0 Å². The normalized spacial score (nSPS) is 27.9. The molecule has 92 valence electrons. The van der Waals surface area contributed by atoms with Crippen molar-refractivity contribution in [1.82, 2.24) is 0 Å². The Labute approximate surface area is 96.1 Å². The van der Waals surface area contributed by atoms with E-state index in [1.165, 1.54) is 0 Å². The predicted octanol–water partition coefficient (Wildman–Crippen LogP) is 3.12. The van der Waals surface area contributed by atoms with Crippen LogP contribution >= 0.6 is 0 Å². The molecular weight excluding hydrogens is 233 g/mol. The van der Waals surface area contributed by atoms with Gasteiger partial charge in [-0.05, 0) is 18.9 Å². The van der Waals surface area contributed by atoms with Gasteiger partial charge in [-0.1, -0.05) is 29.8 Å². The molecule has 17 heavy (non-hydrogen) atoms. The highest BCUT2D eigenvalue weighted by Crippen LogP contribution is 2.67. The van der Waals surface area contributed by atoms with Crippen molar-refractivity contribution < 1.29 is 23.1 Å². The average molecular weight is 244 g/mol. The fourth-order valence-corrected chi connectivity index (χ4v) is 2.14. The van der Waals surface area contributed by atoms with Gasteiger partial charge in [0.1, 0.15) is 0 Å². The fraction of sp³-hybridized carbons (Fsp3) is 0.417. The van der Waals surface area contributed by atoms with Crippen molar-refractivity contribution in [1.29, 1.82) is 0 Å². The van der Waals surface area contributed by atoms with E-state index >= 15 is 0 Å². The van der Waals surface area contributed by atoms with Crippen LogP contribution in [0.25, 0.3) is 0 Å². The number of benzene rings is 1. The van der Waals surface area contributed by atoms with Gasteiger partial charge in [-0.2, -0.15) is 13.2 Å². The lowest BCUT2D eigenvalue weighted by atomic mass is 9.98. The summed E-state index contributed by atoms with van der Waals surface area (Å²) in [7, 11) is 0. The molecule has 0 bridgehead atoms. The Kier molecular flexibility index (Phi) is 2.45. The number of hydrogen-bond donors (Lipinski definition) is 1. The van der Waals surface area contributed by atoms with Gasteiger partial charge in [0.05, 0.1) is 0 Å². The molecule has 5 heteroatoms. The molecule has 0 aromatic heterocycles. The van der Waals surface area contributed by atoms with Gasteiger partial charge in [0.15, 0.2) is 5.41 Å². The summed E-state index contributed by atoms with van der Waals surface area (Å²) in [6.07, 6.45) is -5.07. The first-order valence-electron chi connectivity index (χ1n) is 5.16. The summed E-state index contributed by atoms with van der Waals surface area (Å²) in [6, 6.07) is 6.51. The van der Waals surface area contributed by atoms with Gasteiger partial charge in [0, 0.05) is 5.92 Å². The Morgan fingerprint density at radius 1 is 1.35 bits per heavy atom. The van der Waals surface area contributed by atoms with Gasteiger partial charge in [-0.25, -0.2) is 0 Å². The van der Waals surface area contributed by atoms with Crippen LogP contribution < -0.4 is 0 Å². The molecule has 0 aliphatic heterocycles. The summed E-state index contributed by atoms with van der Waals surface area (Å²) in [6.45, 7) is 1.82. The summed E-state index contributed by atoms with van der Waals surface area (Å²) in [5, 5.41) is 8.81. The van der Waals surface area contributed by atoms with E-state index in [4.69, 9.17) is 5.11 Å². The quantitative estimate of drug-likeness (QED) is 0.867. The number of hydrogen-bond acceptors (Lipinski definition) is 1. The zero-order valence-electron chi connectivity index (χ0n) is 9.08. The minimum atomic E-state index is -4.70. The molecule has 2 rings (SSSR count). The highest BCUT2D eigenvalue weighted by Gasteiger charge is 2.76. The third kappa shape index (κ3) is 1.69. The van der Waals surface area contributed by atoms with Crippen LogP contribution in [0.5, 0.6) is 0 Å². The topological polar surface area (TPSA) is 37.3 Å². The van der Waals surface area contributed by atoms with Gasteiger partial charge in [-0.15, -0.1) is 0 Å². The molecule has 1 aromatic rings. The van der Waals surface area contributed by atoms with Crippen molar-refractivity contribution in [3.8, 4) is 0 Å². The molecule has 0 spiro atoms. The minimum Gasteiger partial charge on any atom is -0.481 e. The predicted molar refractivity (Wildman–Crippen MR) is 54.7 cm³/mol. The van der Waals surface area contributed by atoms with E-state index in [9.17, 15) is 18.0 Å². The zero-order chi connectivity index (χ0) is 12.8. The number of halogens is 3. The molecule has 2 nitrogen and oxygen atoms in total. The summed E-state index contributed by atoms with van der Waals surface area (Å²) in [5.41, 5.74) is -1.21. The Hall–Kier alpha value is -1.52. The monoisotopic (exact) mass is 244 g/mol. The van der Waals surface area contributed by atoms with Gasteiger partial charge < -0.3 is 5.11 Å². The molecule has 0 radical (unpaired) electrons. The van der Waals surface area contributed by atoms with Crippen LogP contribution in [0.15, 0.2) is 24.3 Å². The van der Waals surface area contributed by atoms with E-state index < -0.39 is 23.5 Å². The molecule has 2 atom stereocenters. The number of carbonyl (C=O) groups is 1. The first-order chi connectivity index (χ1) is 7.79. The molecule has 1 saturated carbocycles. The van der Waals surface area contributed by atoms with Gasteiger partial charge in [-0.3, -0.25) is 4.79 Å². The van der Waals surface area contributed by atoms with E-state index in [1.807, 2.05) is 6.92 Å². The standard InChI is InChI=1S/C12H11F3O2/c1-7-2-4-8(5-3-7)9-6-11(9,10(16)17)12(13,14)15/h2-5,9H,6H2,1H3,(H,16,17)/t9-,11-/m0/s1. The second-order valence-electron chi connectivity index (χ2n) is 4.44. The average Bonchev–Trinajstić information content (AvgIpc) is 2.94. The zero-order valence-corrected chi connectivity index (χ0v) is 9.08. The van der Waals surface area contributed by atoms with Gasteiger partial charge >= 0.3 is 12.1 Å². The molecule has 0 saturated heterocycles. The molecule has 0 heterocycles. The van der Waals surface area contributed by atoms with Crippen molar-refractivity contribution >= 4 is 5.97 Å². The van der Waals surface area contributed by atoms with Crippen molar-refractivity contribution in [3.63, 3.8) is 0 Å². The highest BCUT2D eigenvalue weighted by molar-refractivity contribution is 5.81. The lowest BCUT2D eigenvalue weighted by Gasteiger charge is -2.16. The van der Waals surface area contributed by atoms with Crippen LogP contribution in [-0.2, 0) is 4.79 Å². The number of carboxylic acid groups (broad SMARTS) is 1. The molecule has 1 N–H and O–H groups in total. The van der Waals surface area contributed by atoms with Crippen molar-refractivity contribution in [2.24, 2.45) is 5.41 Å². The molecule has 0 unspecified atom stereocenters. The Morgan fingerprint density at radius 3 is 2.24 bits per heavy atom.